The highest BCUT2D eigenvalue weighted by Crippen LogP contribution is 2.47. The Hall–Kier alpha value is -2.92. The molecule has 2 fully saturated rings. The second-order valence-electron chi connectivity index (χ2n) is 6.49. The van der Waals surface area contributed by atoms with Gasteiger partial charge in [-0.05, 0) is 30.5 Å². The lowest BCUT2D eigenvalue weighted by molar-refractivity contribution is 0.129. The molecule has 1 aliphatic heterocycles. The first-order chi connectivity index (χ1) is 12.1. The molecule has 1 unspecified atom stereocenters. The Morgan fingerprint density at radius 2 is 2.12 bits per heavy atom. The molecule has 1 saturated heterocycles. The second-order valence-corrected chi connectivity index (χ2v) is 6.49. The molecule has 1 aromatic carbocycles. The number of amides is 1. The zero-order chi connectivity index (χ0) is 17.4. The smallest absolute Gasteiger partial charge is 0.414 e. The fraction of sp³-hybridized carbons (Fsp3) is 0.412. The van der Waals surface area contributed by atoms with Gasteiger partial charge in [-0.15, -0.1) is 5.10 Å². The lowest BCUT2D eigenvalue weighted by Crippen LogP contribution is -2.26. The number of carbonyl (C=O) groups is 1. The zero-order valence-corrected chi connectivity index (χ0v) is 13.6. The lowest BCUT2D eigenvalue weighted by Gasteiger charge is -2.14. The van der Waals surface area contributed by atoms with Crippen molar-refractivity contribution in [3.8, 4) is 6.07 Å². The van der Waals surface area contributed by atoms with Gasteiger partial charge < -0.3 is 10.5 Å². The number of hydrogen-bond acceptors (Lipinski definition) is 6. The average Bonchev–Trinajstić information content (AvgIpc) is 3.17. The summed E-state index contributed by atoms with van der Waals surface area (Å²) in [6.07, 6.45) is 2.88. The van der Waals surface area contributed by atoms with Gasteiger partial charge in [-0.2, -0.15) is 5.26 Å². The summed E-state index contributed by atoms with van der Waals surface area (Å²) in [7, 11) is 0. The van der Waals surface area contributed by atoms with Crippen LogP contribution in [0.15, 0.2) is 30.5 Å². The minimum Gasteiger partial charge on any atom is -0.442 e. The Bertz CT molecular complexity index is 834. The highest BCUT2D eigenvalue weighted by atomic mass is 16.6. The van der Waals surface area contributed by atoms with Crippen LogP contribution < -0.4 is 10.6 Å². The standard InChI is InChI=1S/C17H18N6O2/c18-7-13-8-22(21-20-13)9-15-10-23(16(24)25-15)14-3-1-12(2-4-14)17(11-19)5-6-17/h1-4,8,15H,5-7,9-10,18H2. The van der Waals surface area contributed by atoms with Gasteiger partial charge >= 0.3 is 6.09 Å². The number of aromatic nitrogens is 3. The van der Waals surface area contributed by atoms with E-state index in [0.29, 0.717) is 25.3 Å². The molecule has 8 heteroatoms. The molecule has 4 rings (SSSR count). The van der Waals surface area contributed by atoms with Gasteiger partial charge in [-0.3, -0.25) is 4.90 Å². The molecule has 0 radical (unpaired) electrons. The summed E-state index contributed by atoms with van der Waals surface area (Å²) in [5.41, 5.74) is 7.68. The molecule has 2 heterocycles. The molecule has 1 amide bonds. The Kier molecular flexibility index (Phi) is 3.66. The van der Waals surface area contributed by atoms with Crippen LogP contribution in [0.25, 0.3) is 0 Å². The van der Waals surface area contributed by atoms with E-state index in [4.69, 9.17) is 10.5 Å². The summed E-state index contributed by atoms with van der Waals surface area (Å²) in [6, 6.07) is 9.98. The maximum atomic E-state index is 12.2. The Morgan fingerprint density at radius 3 is 2.72 bits per heavy atom. The van der Waals surface area contributed by atoms with E-state index in [9.17, 15) is 10.1 Å². The highest BCUT2D eigenvalue weighted by Gasteiger charge is 2.45. The van der Waals surface area contributed by atoms with Crippen molar-refractivity contribution in [1.82, 2.24) is 15.0 Å². The summed E-state index contributed by atoms with van der Waals surface area (Å²) in [4.78, 5) is 13.8. The minimum atomic E-state index is -0.377. The number of nitriles is 1. The molecule has 1 aliphatic carbocycles. The number of nitrogens with two attached hydrogens (primary N) is 1. The maximum absolute atomic E-state index is 12.2. The van der Waals surface area contributed by atoms with Gasteiger partial charge in [0.05, 0.1) is 30.3 Å². The van der Waals surface area contributed by atoms with Gasteiger partial charge in [0.1, 0.15) is 6.10 Å². The van der Waals surface area contributed by atoms with Crippen molar-refractivity contribution in [2.75, 3.05) is 11.4 Å². The first-order valence-corrected chi connectivity index (χ1v) is 8.22. The van der Waals surface area contributed by atoms with Gasteiger partial charge in [0.25, 0.3) is 0 Å². The predicted octanol–water partition coefficient (Wildman–Crippen LogP) is 1.32. The molecule has 25 heavy (non-hydrogen) atoms. The molecule has 2 aromatic rings. The van der Waals surface area contributed by atoms with Crippen LogP contribution in [-0.4, -0.2) is 33.7 Å². The number of nitrogens with zero attached hydrogens (tertiary/aromatic N) is 5. The normalized spacial score (nSPS) is 21.0. The number of hydrogen-bond donors (Lipinski definition) is 1. The molecular weight excluding hydrogens is 320 g/mol. The van der Waals surface area contributed by atoms with Crippen molar-refractivity contribution < 1.29 is 9.53 Å². The number of benzene rings is 1. The highest BCUT2D eigenvalue weighted by molar-refractivity contribution is 5.89. The minimum absolute atomic E-state index is 0.298. The van der Waals surface area contributed by atoms with Gasteiger partial charge in [-0.25, -0.2) is 9.48 Å². The van der Waals surface area contributed by atoms with Crippen LogP contribution in [0.5, 0.6) is 0 Å². The van der Waals surface area contributed by atoms with Crippen molar-refractivity contribution in [2.24, 2.45) is 5.73 Å². The summed E-state index contributed by atoms with van der Waals surface area (Å²) in [5, 5.41) is 17.2. The van der Waals surface area contributed by atoms with Gasteiger partial charge in [0.15, 0.2) is 0 Å². The predicted molar refractivity (Wildman–Crippen MR) is 88.5 cm³/mol. The van der Waals surface area contributed by atoms with E-state index < -0.39 is 0 Å². The Balaban J connectivity index is 1.44. The number of anilines is 1. The van der Waals surface area contributed by atoms with Gasteiger partial charge in [-0.1, -0.05) is 17.3 Å². The largest absolute Gasteiger partial charge is 0.442 e. The van der Waals surface area contributed by atoms with Crippen LogP contribution in [0.3, 0.4) is 0 Å². The van der Waals surface area contributed by atoms with Crippen molar-refractivity contribution in [3.05, 3.63) is 41.7 Å². The van der Waals surface area contributed by atoms with E-state index >= 15 is 0 Å². The molecule has 0 spiro atoms. The Labute approximate surface area is 144 Å². The number of rotatable bonds is 5. The topological polar surface area (TPSA) is 110 Å². The van der Waals surface area contributed by atoms with E-state index in [1.807, 2.05) is 24.3 Å². The van der Waals surface area contributed by atoms with Crippen LogP contribution in [0.4, 0.5) is 10.5 Å². The molecule has 1 saturated carbocycles. The molecule has 128 valence electrons. The van der Waals surface area contributed by atoms with E-state index in [1.165, 1.54) is 0 Å². The fourth-order valence-electron chi connectivity index (χ4n) is 3.11. The summed E-state index contributed by atoms with van der Waals surface area (Å²) in [6.45, 7) is 1.21. The molecule has 0 bridgehead atoms. The van der Waals surface area contributed by atoms with Crippen molar-refractivity contribution in [2.45, 2.75) is 37.5 Å². The van der Waals surface area contributed by atoms with Crippen LogP contribution in [-0.2, 0) is 23.2 Å². The third-order valence-corrected chi connectivity index (χ3v) is 4.76. The summed E-state index contributed by atoms with van der Waals surface area (Å²) >= 11 is 0. The number of cyclic esters (lactones) is 1. The number of carbonyl (C=O) groups excluding carboxylic acids is 1. The molecule has 2 N–H and O–H groups in total. The monoisotopic (exact) mass is 338 g/mol. The molecule has 8 nitrogen and oxygen atoms in total. The molecule has 1 aromatic heterocycles. The molecule has 2 aliphatic rings. The molecule has 1 atom stereocenters. The number of ether oxygens (including phenoxy) is 1. The van der Waals surface area contributed by atoms with E-state index in [1.54, 1.807) is 15.8 Å². The second kappa shape index (κ2) is 5.86. The quantitative estimate of drug-likeness (QED) is 0.880. The van der Waals surface area contributed by atoms with Crippen LogP contribution in [0.1, 0.15) is 24.1 Å². The summed E-state index contributed by atoms with van der Waals surface area (Å²) < 4.78 is 7.06. The van der Waals surface area contributed by atoms with E-state index in [2.05, 4.69) is 16.4 Å². The van der Waals surface area contributed by atoms with E-state index in [-0.39, 0.29) is 17.6 Å². The van der Waals surface area contributed by atoms with E-state index in [0.717, 1.165) is 24.1 Å². The zero-order valence-electron chi connectivity index (χ0n) is 13.6. The third-order valence-electron chi connectivity index (χ3n) is 4.76. The third kappa shape index (κ3) is 2.83. The fourth-order valence-corrected chi connectivity index (χ4v) is 3.11. The SMILES string of the molecule is N#CC1(c2ccc(N3CC(Cn4cc(CN)nn4)OC3=O)cc2)CC1. The van der Waals surface area contributed by atoms with Gasteiger partial charge in [0.2, 0.25) is 0 Å². The van der Waals surface area contributed by atoms with Crippen molar-refractivity contribution >= 4 is 11.8 Å². The van der Waals surface area contributed by atoms with Crippen molar-refractivity contribution in [3.63, 3.8) is 0 Å². The average molecular weight is 338 g/mol. The first kappa shape index (κ1) is 15.6. The van der Waals surface area contributed by atoms with Crippen molar-refractivity contribution in [1.29, 1.82) is 5.26 Å². The van der Waals surface area contributed by atoms with Crippen LogP contribution in [0, 0.1) is 11.3 Å². The van der Waals surface area contributed by atoms with Gasteiger partial charge in [0, 0.05) is 18.4 Å². The summed E-state index contributed by atoms with van der Waals surface area (Å²) in [5.74, 6) is 0. The lowest BCUT2D eigenvalue weighted by atomic mass is 9.97. The van der Waals surface area contributed by atoms with Crippen LogP contribution >= 0.6 is 0 Å². The Morgan fingerprint density at radius 1 is 1.36 bits per heavy atom. The van der Waals surface area contributed by atoms with Crippen LogP contribution in [0.2, 0.25) is 0 Å². The first-order valence-electron chi connectivity index (χ1n) is 8.22. The maximum Gasteiger partial charge on any atom is 0.414 e. The molecular formula is C17H18N6O2.